The second kappa shape index (κ2) is 6.89. The van der Waals surface area contributed by atoms with E-state index in [1.165, 1.54) is 16.0 Å². The molecule has 8 heteroatoms. The van der Waals surface area contributed by atoms with Crippen LogP contribution in [0.25, 0.3) is 16.3 Å². The van der Waals surface area contributed by atoms with E-state index in [1.54, 1.807) is 23.5 Å². The second-order valence-corrected chi connectivity index (χ2v) is 7.77. The SMILES string of the molecule is O=C(/C=C/c1cccs1)N1CCC(n2nnc3ccsc3c2=O)CC1. The van der Waals surface area contributed by atoms with Crippen molar-refractivity contribution < 1.29 is 4.79 Å². The van der Waals surface area contributed by atoms with Gasteiger partial charge in [0.25, 0.3) is 5.56 Å². The Morgan fingerprint density at radius 1 is 1.20 bits per heavy atom. The van der Waals surface area contributed by atoms with E-state index < -0.39 is 0 Å². The quantitative estimate of drug-likeness (QED) is 0.663. The number of thiophene rings is 2. The summed E-state index contributed by atoms with van der Waals surface area (Å²) in [5.74, 6) is 0.0130. The molecule has 3 aromatic rings. The number of carbonyl (C=O) groups excluding carboxylic acids is 1. The summed E-state index contributed by atoms with van der Waals surface area (Å²) >= 11 is 3.00. The van der Waals surface area contributed by atoms with Crippen LogP contribution in [0.4, 0.5) is 0 Å². The number of amides is 1. The first-order valence-electron chi connectivity index (χ1n) is 8.05. The van der Waals surface area contributed by atoms with Crippen molar-refractivity contribution >= 4 is 44.9 Å². The van der Waals surface area contributed by atoms with Gasteiger partial charge in [0.2, 0.25) is 5.91 Å². The van der Waals surface area contributed by atoms with E-state index in [0.717, 1.165) is 4.88 Å². The summed E-state index contributed by atoms with van der Waals surface area (Å²) in [7, 11) is 0. The van der Waals surface area contributed by atoms with Gasteiger partial charge in [-0.1, -0.05) is 11.3 Å². The number of aromatic nitrogens is 3. The molecule has 4 rings (SSSR count). The van der Waals surface area contributed by atoms with E-state index in [1.807, 2.05) is 33.9 Å². The van der Waals surface area contributed by atoms with Crippen LogP contribution >= 0.6 is 22.7 Å². The fourth-order valence-corrected chi connectivity index (χ4v) is 4.37. The molecule has 3 aromatic heterocycles. The minimum atomic E-state index is -0.0811. The normalized spacial score (nSPS) is 16.1. The third-order valence-electron chi connectivity index (χ3n) is 4.35. The van der Waals surface area contributed by atoms with E-state index in [0.29, 0.717) is 36.1 Å². The Morgan fingerprint density at radius 3 is 2.80 bits per heavy atom. The van der Waals surface area contributed by atoms with Gasteiger partial charge in [0, 0.05) is 24.0 Å². The molecule has 6 nitrogen and oxygen atoms in total. The maximum absolute atomic E-state index is 12.5. The standard InChI is InChI=1S/C17H16N4O2S2/c22-15(4-3-13-2-1-10-24-13)20-8-5-12(6-9-20)21-17(23)16-14(18-19-21)7-11-25-16/h1-4,7,10-12H,5-6,8-9H2/b4-3+. The Labute approximate surface area is 152 Å². The number of carbonyl (C=O) groups is 1. The van der Waals surface area contributed by atoms with Crippen LogP contribution < -0.4 is 5.56 Å². The lowest BCUT2D eigenvalue weighted by Crippen LogP contribution is -2.40. The second-order valence-electron chi connectivity index (χ2n) is 5.88. The van der Waals surface area contributed by atoms with E-state index in [4.69, 9.17) is 0 Å². The van der Waals surface area contributed by atoms with E-state index in [-0.39, 0.29) is 17.5 Å². The molecule has 0 atom stereocenters. The average Bonchev–Trinajstić information content (AvgIpc) is 3.32. The average molecular weight is 372 g/mol. The molecule has 25 heavy (non-hydrogen) atoms. The minimum Gasteiger partial charge on any atom is -0.339 e. The first-order valence-corrected chi connectivity index (χ1v) is 9.81. The smallest absolute Gasteiger partial charge is 0.287 e. The van der Waals surface area contributed by atoms with Crippen molar-refractivity contribution in [2.75, 3.05) is 13.1 Å². The van der Waals surface area contributed by atoms with Crippen LogP contribution in [0, 0.1) is 0 Å². The molecule has 0 unspecified atom stereocenters. The number of piperidine rings is 1. The fourth-order valence-electron chi connectivity index (χ4n) is 3.00. The van der Waals surface area contributed by atoms with Gasteiger partial charge < -0.3 is 4.90 Å². The van der Waals surface area contributed by atoms with Crippen molar-refractivity contribution in [3.05, 3.63) is 50.3 Å². The molecule has 4 heterocycles. The van der Waals surface area contributed by atoms with Crippen LogP contribution in [0.15, 0.2) is 39.8 Å². The molecule has 0 spiro atoms. The Morgan fingerprint density at radius 2 is 2.04 bits per heavy atom. The number of fused-ring (bicyclic) bond motifs is 1. The van der Waals surface area contributed by atoms with Gasteiger partial charge in [0.1, 0.15) is 10.2 Å². The molecule has 128 valence electrons. The summed E-state index contributed by atoms with van der Waals surface area (Å²) in [6.45, 7) is 1.24. The molecule has 0 radical (unpaired) electrons. The molecular formula is C17H16N4O2S2. The zero-order valence-corrected chi connectivity index (χ0v) is 15.0. The van der Waals surface area contributed by atoms with Gasteiger partial charge >= 0.3 is 0 Å². The minimum absolute atomic E-state index is 0.00294. The van der Waals surface area contributed by atoms with Gasteiger partial charge in [-0.15, -0.1) is 27.8 Å². The fraction of sp³-hybridized carbons (Fsp3) is 0.294. The van der Waals surface area contributed by atoms with Crippen molar-refractivity contribution in [2.24, 2.45) is 0 Å². The predicted molar refractivity (Wildman–Crippen MR) is 99.9 cm³/mol. The van der Waals surface area contributed by atoms with Crippen LogP contribution in [0.2, 0.25) is 0 Å². The third kappa shape index (κ3) is 3.27. The first kappa shape index (κ1) is 16.2. The maximum Gasteiger partial charge on any atom is 0.287 e. The topological polar surface area (TPSA) is 68.1 Å². The molecule has 0 N–H and O–H groups in total. The molecule has 1 saturated heterocycles. The highest BCUT2D eigenvalue weighted by molar-refractivity contribution is 7.17. The molecule has 0 bridgehead atoms. The highest BCUT2D eigenvalue weighted by atomic mass is 32.1. The number of hydrogen-bond donors (Lipinski definition) is 0. The molecule has 0 saturated carbocycles. The Bertz CT molecular complexity index is 966. The summed E-state index contributed by atoms with van der Waals surface area (Å²) < 4.78 is 2.13. The van der Waals surface area contributed by atoms with E-state index in [2.05, 4.69) is 10.3 Å². The zero-order valence-electron chi connectivity index (χ0n) is 13.4. The summed E-state index contributed by atoms with van der Waals surface area (Å²) in [5, 5.41) is 12.0. The molecule has 1 aliphatic heterocycles. The molecular weight excluding hydrogens is 356 g/mol. The maximum atomic E-state index is 12.5. The van der Waals surface area contributed by atoms with Crippen LogP contribution in [0.3, 0.4) is 0 Å². The summed E-state index contributed by atoms with van der Waals surface area (Å²) in [6, 6.07) is 5.74. The summed E-state index contributed by atoms with van der Waals surface area (Å²) in [5.41, 5.74) is 0.569. The Kier molecular flexibility index (Phi) is 4.46. The molecule has 1 fully saturated rings. The summed E-state index contributed by atoms with van der Waals surface area (Å²) in [4.78, 5) is 27.7. The summed E-state index contributed by atoms with van der Waals surface area (Å²) in [6.07, 6.45) is 4.89. The lowest BCUT2D eigenvalue weighted by Gasteiger charge is -2.31. The number of hydrogen-bond acceptors (Lipinski definition) is 6. The molecule has 0 aliphatic carbocycles. The number of likely N-dealkylation sites (tertiary alicyclic amines) is 1. The van der Waals surface area contributed by atoms with Crippen molar-refractivity contribution in [1.82, 2.24) is 19.9 Å². The highest BCUT2D eigenvalue weighted by Crippen LogP contribution is 2.22. The van der Waals surface area contributed by atoms with Gasteiger partial charge in [-0.05, 0) is 41.8 Å². The van der Waals surface area contributed by atoms with Crippen molar-refractivity contribution in [3.63, 3.8) is 0 Å². The third-order valence-corrected chi connectivity index (χ3v) is 6.08. The Balaban J connectivity index is 1.43. The lowest BCUT2D eigenvalue weighted by molar-refractivity contribution is -0.127. The van der Waals surface area contributed by atoms with Crippen molar-refractivity contribution in [2.45, 2.75) is 18.9 Å². The van der Waals surface area contributed by atoms with Crippen LogP contribution in [0.1, 0.15) is 23.8 Å². The van der Waals surface area contributed by atoms with Gasteiger partial charge in [0.15, 0.2) is 0 Å². The van der Waals surface area contributed by atoms with Gasteiger partial charge in [0.05, 0.1) is 6.04 Å². The number of rotatable bonds is 3. The lowest BCUT2D eigenvalue weighted by atomic mass is 10.1. The predicted octanol–water partition coefficient (Wildman–Crippen LogP) is 2.79. The monoisotopic (exact) mass is 372 g/mol. The largest absolute Gasteiger partial charge is 0.339 e. The highest BCUT2D eigenvalue weighted by Gasteiger charge is 2.25. The van der Waals surface area contributed by atoms with E-state index in [9.17, 15) is 9.59 Å². The zero-order chi connectivity index (χ0) is 17.2. The number of nitrogens with zero attached hydrogens (tertiary/aromatic N) is 4. The van der Waals surface area contributed by atoms with Crippen molar-refractivity contribution in [1.29, 1.82) is 0 Å². The van der Waals surface area contributed by atoms with Crippen molar-refractivity contribution in [3.8, 4) is 0 Å². The molecule has 0 aromatic carbocycles. The van der Waals surface area contributed by atoms with E-state index >= 15 is 0 Å². The first-order chi connectivity index (χ1) is 12.2. The van der Waals surface area contributed by atoms with Crippen LogP contribution in [-0.4, -0.2) is 38.9 Å². The van der Waals surface area contributed by atoms with Crippen LogP contribution in [-0.2, 0) is 4.79 Å². The van der Waals surface area contributed by atoms with Gasteiger partial charge in [-0.2, -0.15) is 0 Å². The van der Waals surface area contributed by atoms with Gasteiger partial charge in [-0.25, -0.2) is 4.68 Å². The Hall–Kier alpha value is -2.32. The van der Waals surface area contributed by atoms with Crippen LogP contribution in [0.5, 0.6) is 0 Å². The molecule has 1 amide bonds. The van der Waals surface area contributed by atoms with Gasteiger partial charge in [-0.3, -0.25) is 9.59 Å². The molecule has 1 aliphatic rings.